The van der Waals surface area contributed by atoms with Crippen LogP contribution in [0.5, 0.6) is 0 Å². The summed E-state index contributed by atoms with van der Waals surface area (Å²) in [6, 6.07) is 0. The van der Waals surface area contributed by atoms with Crippen molar-refractivity contribution in [3.63, 3.8) is 0 Å². The molecule has 1 rings (SSSR count). The summed E-state index contributed by atoms with van der Waals surface area (Å²) in [5.41, 5.74) is -0.418. The molecule has 0 aromatic heterocycles. The molecule has 0 radical (unpaired) electrons. The van der Waals surface area contributed by atoms with E-state index in [2.05, 4.69) is 20.8 Å². The second-order valence-electron chi connectivity index (χ2n) is 5.69. The molecule has 0 aliphatic heterocycles. The Labute approximate surface area is 96.3 Å². The molecule has 1 saturated carbocycles. The topological polar surface area (TPSA) is 20.2 Å². The van der Waals surface area contributed by atoms with Gasteiger partial charge in [-0.05, 0) is 50.4 Å². The summed E-state index contributed by atoms with van der Waals surface area (Å²) >= 11 is 0. The summed E-state index contributed by atoms with van der Waals surface area (Å²) in [6.07, 6.45) is 4.50. The van der Waals surface area contributed by atoms with E-state index in [1.54, 1.807) is 0 Å². The largest absolute Gasteiger partial charge is 0.390 e. The van der Waals surface area contributed by atoms with Gasteiger partial charge in [0, 0.05) is 0 Å². The molecule has 1 heteroatoms. The van der Waals surface area contributed by atoms with Crippen molar-refractivity contribution in [3.8, 4) is 0 Å². The third-order valence-electron chi connectivity index (χ3n) is 3.19. The molecular weight excluding hydrogens is 184 g/mol. The van der Waals surface area contributed by atoms with Crippen LogP contribution in [-0.2, 0) is 0 Å². The molecule has 1 aliphatic rings. The molecule has 15 heavy (non-hydrogen) atoms. The molecule has 0 amide bonds. The first kappa shape index (κ1) is 15.0. The van der Waals surface area contributed by atoms with Gasteiger partial charge in [0.1, 0.15) is 0 Å². The van der Waals surface area contributed by atoms with Crippen molar-refractivity contribution in [2.75, 3.05) is 0 Å². The van der Waals surface area contributed by atoms with E-state index in [0.717, 1.165) is 18.8 Å². The Hall–Kier alpha value is -0.0400. The average molecular weight is 214 g/mol. The van der Waals surface area contributed by atoms with Crippen LogP contribution in [-0.4, -0.2) is 10.7 Å². The average Bonchev–Trinajstić information content (AvgIpc) is 2.01. The minimum Gasteiger partial charge on any atom is -0.390 e. The maximum Gasteiger partial charge on any atom is 0.0624 e. The monoisotopic (exact) mass is 214 g/mol. The fraction of sp³-hybridized carbons (Fsp3) is 1.00. The summed E-state index contributed by atoms with van der Waals surface area (Å²) in [7, 11) is 0. The quantitative estimate of drug-likeness (QED) is 0.639. The zero-order valence-electron chi connectivity index (χ0n) is 11.5. The summed E-state index contributed by atoms with van der Waals surface area (Å²) in [6.45, 7) is 12.9. The molecule has 92 valence electrons. The highest BCUT2D eigenvalue weighted by molar-refractivity contribution is 4.81. The fourth-order valence-electron chi connectivity index (χ4n) is 3.22. The van der Waals surface area contributed by atoms with Crippen LogP contribution < -0.4 is 0 Å². The molecule has 1 aliphatic carbocycles. The molecule has 2 atom stereocenters. The first-order valence-corrected chi connectivity index (χ1v) is 6.61. The van der Waals surface area contributed by atoms with Gasteiger partial charge in [-0.3, -0.25) is 0 Å². The Morgan fingerprint density at radius 1 is 0.867 bits per heavy atom. The Balaban J connectivity index is 0.000000921. The highest BCUT2D eigenvalue weighted by Gasteiger charge is 2.29. The summed E-state index contributed by atoms with van der Waals surface area (Å²) in [4.78, 5) is 0. The van der Waals surface area contributed by atoms with Crippen molar-refractivity contribution in [1.29, 1.82) is 0 Å². The maximum atomic E-state index is 10.1. The van der Waals surface area contributed by atoms with Gasteiger partial charge >= 0.3 is 0 Å². The Kier molecular flexibility index (Phi) is 6.51. The van der Waals surface area contributed by atoms with Gasteiger partial charge in [0.15, 0.2) is 0 Å². The SMILES string of the molecule is CC.CC1CC(C)CC(C)(O)CC(C)C1. The molecule has 2 unspecified atom stereocenters. The van der Waals surface area contributed by atoms with Crippen molar-refractivity contribution >= 4 is 0 Å². The van der Waals surface area contributed by atoms with E-state index in [9.17, 15) is 5.11 Å². The van der Waals surface area contributed by atoms with Crippen LogP contribution in [0.25, 0.3) is 0 Å². The first-order chi connectivity index (χ1) is 6.89. The standard InChI is InChI=1S/C12H24O.C2H6/c1-9-5-10(2)7-12(4,13)8-11(3)6-9;1-2/h9-11,13H,5-8H2,1-4H3;1-2H3. The zero-order valence-corrected chi connectivity index (χ0v) is 11.5. The van der Waals surface area contributed by atoms with Gasteiger partial charge in [0.25, 0.3) is 0 Å². The number of rotatable bonds is 0. The van der Waals surface area contributed by atoms with E-state index in [0.29, 0.717) is 11.8 Å². The van der Waals surface area contributed by atoms with Gasteiger partial charge in [-0.25, -0.2) is 0 Å². The summed E-state index contributed by atoms with van der Waals surface area (Å²) < 4.78 is 0. The lowest BCUT2D eigenvalue weighted by atomic mass is 9.75. The van der Waals surface area contributed by atoms with Crippen LogP contribution in [0.3, 0.4) is 0 Å². The molecular formula is C14H30O. The molecule has 0 saturated heterocycles. The van der Waals surface area contributed by atoms with Crippen molar-refractivity contribution in [1.82, 2.24) is 0 Å². The second-order valence-corrected chi connectivity index (χ2v) is 5.69. The van der Waals surface area contributed by atoms with Crippen LogP contribution in [0.4, 0.5) is 0 Å². The summed E-state index contributed by atoms with van der Waals surface area (Å²) in [5.74, 6) is 2.19. The van der Waals surface area contributed by atoms with Crippen LogP contribution in [0, 0.1) is 17.8 Å². The van der Waals surface area contributed by atoms with E-state index in [-0.39, 0.29) is 0 Å². The number of hydrogen-bond acceptors (Lipinski definition) is 1. The van der Waals surface area contributed by atoms with Crippen LogP contribution in [0.2, 0.25) is 0 Å². The molecule has 0 aromatic carbocycles. The van der Waals surface area contributed by atoms with Gasteiger partial charge in [0.05, 0.1) is 5.60 Å². The van der Waals surface area contributed by atoms with Crippen LogP contribution >= 0.6 is 0 Å². The van der Waals surface area contributed by atoms with Crippen molar-refractivity contribution < 1.29 is 5.11 Å². The predicted octanol–water partition coefficient (Wildman–Crippen LogP) is 4.25. The third-order valence-corrected chi connectivity index (χ3v) is 3.19. The van der Waals surface area contributed by atoms with Crippen molar-refractivity contribution in [3.05, 3.63) is 0 Å². The smallest absolute Gasteiger partial charge is 0.0624 e. The van der Waals surface area contributed by atoms with Crippen LogP contribution in [0.1, 0.15) is 67.2 Å². The van der Waals surface area contributed by atoms with E-state index in [1.165, 1.54) is 12.8 Å². The van der Waals surface area contributed by atoms with Gasteiger partial charge in [-0.2, -0.15) is 0 Å². The third kappa shape index (κ3) is 6.19. The van der Waals surface area contributed by atoms with E-state index >= 15 is 0 Å². The zero-order chi connectivity index (χ0) is 12.1. The van der Waals surface area contributed by atoms with E-state index < -0.39 is 5.60 Å². The fourth-order valence-corrected chi connectivity index (χ4v) is 3.22. The minimum absolute atomic E-state index is 0.418. The van der Waals surface area contributed by atoms with Crippen LogP contribution in [0.15, 0.2) is 0 Å². The number of hydrogen-bond donors (Lipinski definition) is 1. The second kappa shape index (κ2) is 6.52. The number of aliphatic hydroxyl groups is 1. The van der Waals surface area contributed by atoms with Gasteiger partial charge < -0.3 is 5.11 Å². The highest BCUT2D eigenvalue weighted by Crippen LogP contribution is 2.34. The predicted molar refractivity (Wildman–Crippen MR) is 67.9 cm³/mol. The molecule has 0 bridgehead atoms. The molecule has 0 aromatic rings. The minimum atomic E-state index is -0.418. The first-order valence-electron chi connectivity index (χ1n) is 6.61. The van der Waals surface area contributed by atoms with Gasteiger partial charge in [-0.15, -0.1) is 0 Å². The summed E-state index contributed by atoms with van der Waals surface area (Å²) in [5, 5.41) is 10.1. The van der Waals surface area contributed by atoms with Crippen molar-refractivity contribution in [2.24, 2.45) is 17.8 Å². The molecule has 1 fully saturated rings. The Morgan fingerprint density at radius 3 is 1.53 bits per heavy atom. The Bertz CT molecular complexity index is 147. The van der Waals surface area contributed by atoms with Gasteiger partial charge in [0.2, 0.25) is 0 Å². The van der Waals surface area contributed by atoms with E-state index in [4.69, 9.17) is 0 Å². The normalized spacial score (nSPS) is 42.2. The van der Waals surface area contributed by atoms with E-state index in [1.807, 2.05) is 20.8 Å². The Morgan fingerprint density at radius 2 is 1.20 bits per heavy atom. The lowest BCUT2D eigenvalue weighted by molar-refractivity contribution is -0.000620. The lowest BCUT2D eigenvalue weighted by Crippen LogP contribution is -2.32. The van der Waals surface area contributed by atoms with Gasteiger partial charge in [-0.1, -0.05) is 34.6 Å². The van der Waals surface area contributed by atoms with Crippen molar-refractivity contribution in [2.45, 2.75) is 72.8 Å². The highest BCUT2D eigenvalue weighted by atomic mass is 16.3. The molecule has 1 nitrogen and oxygen atoms in total. The molecule has 0 heterocycles. The molecule has 1 N–H and O–H groups in total. The molecule has 0 spiro atoms. The maximum absolute atomic E-state index is 10.1. The lowest BCUT2D eigenvalue weighted by Gasteiger charge is -2.34.